The van der Waals surface area contributed by atoms with Gasteiger partial charge in [-0.25, -0.2) is 0 Å². The van der Waals surface area contributed by atoms with Crippen molar-refractivity contribution in [3.63, 3.8) is 0 Å². The number of benzene rings is 2. The summed E-state index contributed by atoms with van der Waals surface area (Å²) in [6.45, 7) is 2.23. The zero-order valence-electron chi connectivity index (χ0n) is 15.2. The summed E-state index contributed by atoms with van der Waals surface area (Å²) < 4.78 is 7.37. The van der Waals surface area contributed by atoms with Crippen LogP contribution in [-0.4, -0.2) is 27.8 Å². The summed E-state index contributed by atoms with van der Waals surface area (Å²) in [7, 11) is 1.63. The number of fused-ring (bicyclic) bond motifs is 1. The lowest BCUT2D eigenvalue weighted by Crippen LogP contribution is -2.19. The summed E-state index contributed by atoms with van der Waals surface area (Å²) in [6.07, 6.45) is 0. The first-order valence-corrected chi connectivity index (χ1v) is 8.69. The van der Waals surface area contributed by atoms with Gasteiger partial charge in [0.2, 0.25) is 5.91 Å². The Morgan fingerprint density at radius 1 is 1.15 bits per heavy atom. The quantitative estimate of drug-likeness (QED) is 0.565. The number of hydrogen-bond donors (Lipinski definition) is 2. The van der Waals surface area contributed by atoms with Gasteiger partial charge in [-0.1, -0.05) is 30.3 Å². The molecule has 4 aromatic rings. The van der Waals surface area contributed by atoms with Crippen molar-refractivity contribution in [1.82, 2.24) is 14.8 Å². The third kappa shape index (κ3) is 3.29. The Balaban J connectivity index is 1.52. The number of carbonyl (C=O) groups is 1. The molecule has 136 valence electrons. The van der Waals surface area contributed by atoms with E-state index in [0.29, 0.717) is 5.82 Å². The van der Waals surface area contributed by atoms with Crippen LogP contribution < -0.4 is 10.1 Å². The fraction of sp³-hybridized carbons (Fsp3) is 0.143. The van der Waals surface area contributed by atoms with Crippen LogP contribution in [0.5, 0.6) is 5.75 Å². The Labute approximate surface area is 156 Å². The molecular formula is C21H20N4O2. The van der Waals surface area contributed by atoms with E-state index in [9.17, 15) is 4.79 Å². The van der Waals surface area contributed by atoms with Crippen molar-refractivity contribution in [2.24, 2.45) is 0 Å². The highest BCUT2D eigenvalue weighted by Gasteiger charge is 2.13. The van der Waals surface area contributed by atoms with E-state index in [4.69, 9.17) is 4.74 Å². The summed E-state index contributed by atoms with van der Waals surface area (Å²) in [4.78, 5) is 12.5. The fourth-order valence-corrected chi connectivity index (χ4v) is 3.28. The number of nitrogens with zero attached hydrogens (tertiary/aromatic N) is 2. The Kier molecular flexibility index (Phi) is 4.38. The molecule has 0 unspecified atom stereocenters. The molecule has 2 aromatic carbocycles. The second kappa shape index (κ2) is 6.99. The maximum absolute atomic E-state index is 12.5. The number of ether oxygens (including phenoxy) is 1. The molecule has 2 N–H and O–H groups in total. The van der Waals surface area contributed by atoms with Gasteiger partial charge in [0.25, 0.3) is 0 Å². The molecule has 0 saturated heterocycles. The Morgan fingerprint density at radius 2 is 1.93 bits per heavy atom. The molecule has 0 spiro atoms. The highest BCUT2D eigenvalue weighted by molar-refractivity contribution is 5.92. The zero-order chi connectivity index (χ0) is 18.8. The first-order chi connectivity index (χ1) is 13.2. The van der Waals surface area contributed by atoms with Gasteiger partial charge in [-0.3, -0.25) is 9.89 Å². The van der Waals surface area contributed by atoms with Crippen molar-refractivity contribution in [1.29, 1.82) is 0 Å². The topological polar surface area (TPSA) is 71.9 Å². The first kappa shape index (κ1) is 16.9. The van der Waals surface area contributed by atoms with Crippen LogP contribution in [0.1, 0.15) is 5.69 Å². The van der Waals surface area contributed by atoms with Crippen molar-refractivity contribution in [2.45, 2.75) is 13.5 Å². The number of carbonyl (C=O) groups excluding carboxylic acids is 1. The first-order valence-electron chi connectivity index (χ1n) is 8.69. The standard InChI is InChI=1S/C21H20N4O2/c1-14-11-15-7-3-5-9-18(15)25(14)13-21(26)22-20-12-17(23-24-20)16-8-4-6-10-19(16)27-2/h3-12H,13H2,1-2H3,(H2,22,23,24,26). The van der Waals surface area contributed by atoms with Gasteiger partial charge in [0.1, 0.15) is 12.3 Å². The maximum atomic E-state index is 12.5. The number of anilines is 1. The second-order valence-electron chi connectivity index (χ2n) is 6.35. The summed E-state index contributed by atoms with van der Waals surface area (Å²) in [5.41, 5.74) is 3.76. The van der Waals surface area contributed by atoms with Gasteiger partial charge in [0, 0.05) is 22.8 Å². The summed E-state index contributed by atoms with van der Waals surface area (Å²) in [5, 5.41) is 11.1. The molecular weight excluding hydrogens is 340 g/mol. The largest absolute Gasteiger partial charge is 0.496 e. The predicted molar refractivity (Wildman–Crippen MR) is 106 cm³/mol. The molecule has 0 aliphatic heterocycles. The molecule has 2 heterocycles. The minimum atomic E-state index is -0.127. The van der Waals surface area contributed by atoms with Crippen molar-refractivity contribution < 1.29 is 9.53 Å². The third-order valence-corrected chi connectivity index (χ3v) is 4.56. The van der Waals surface area contributed by atoms with E-state index >= 15 is 0 Å². The number of aryl methyl sites for hydroxylation is 1. The highest BCUT2D eigenvalue weighted by Crippen LogP contribution is 2.29. The van der Waals surface area contributed by atoms with Crippen molar-refractivity contribution >= 4 is 22.6 Å². The van der Waals surface area contributed by atoms with Crippen molar-refractivity contribution in [3.8, 4) is 17.0 Å². The summed E-state index contributed by atoms with van der Waals surface area (Å²) >= 11 is 0. The Morgan fingerprint density at radius 3 is 2.78 bits per heavy atom. The number of amides is 1. The number of para-hydroxylation sites is 2. The number of aromatic nitrogens is 3. The van der Waals surface area contributed by atoms with Gasteiger partial charge < -0.3 is 14.6 Å². The van der Waals surface area contributed by atoms with E-state index < -0.39 is 0 Å². The van der Waals surface area contributed by atoms with Crippen LogP contribution in [0.25, 0.3) is 22.2 Å². The normalized spacial score (nSPS) is 10.9. The van der Waals surface area contributed by atoms with Gasteiger partial charge in [-0.05, 0) is 36.6 Å². The van der Waals surface area contributed by atoms with Crippen LogP contribution in [0.3, 0.4) is 0 Å². The van der Waals surface area contributed by atoms with Crippen LogP contribution in [0, 0.1) is 6.92 Å². The van der Waals surface area contributed by atoms with E-state index in [0.717, 1.165) is 33.6 Å². The molecule has 0 aliphatic carbocycles. The number of H-pyrrole nitrogens is 1. The fourth-order valence-electron chi connectivity index (χ4n) is 3.28. The predicted octanol–water partition coefficient (Wildman–Crippen LogP) is 3.99. The van der Waals surface area contributed by atoms with Gasteiger partial charge >= 0.3 is 0 Å². The summed E-state index contributed by atoms with van der Waals surface area (Å²) in [5.74, 6) is 1.10. The number of nitrogens with one attached hydrogen (secondary N) is 2. The minimum absolute atomic E-state index is 0.127. The molecule has 0 fully saturated rings. The minimum Gasteiger partial charge on any atom is -0.496 e. The average molecular weight is 360 g/mol. The summed E-state index contributed by atoms with van der Waals surface area (Å²) in [6, 6.07) is 19.6. The van der Waals surface area contributed by atoms with Crippen LogP contribution in [-0.2, 0) is 11.3 Å². The number of hydrogen-bond acceptors (Lipinski definition) is 3. The lowest BCUT2D eigenvalue weighted by Gasteiger charge is -2.08. The number of aromatic amines is 1. The lowest BCUT2D eigenvalue weighted by molar-refractivity contribution is -0.116. The van der Waals surface area contributed by atoms with E-state index in [2.05, 4.69) is 21.6 Å². The van der Waals surface area contributed by atoms with E-state index in [1.165, 1.54) is 0 Å². The highest BCUT2D eigenvalue weighted by atomic mass is 16.5. The SMILES string of the molecule is COc1ccccc1-c1cc(NC(=O)Cn2c(C)cc3ccccc32)n[nH]1. The molecule has 0 radical (unpaired) electrons. The van der Waals surface area contributed by atoms with Crippen LogP contribution in [0.2, 0.25) is 0 Å². The van der Waals surface area contributed by atoms with Crippen LogP contribution in [0.4, 0.5) is 5.82 Å². The van der Waals surface area contributed by atoms with Gasteiger partial charge in [0.05, 0.1) is 12.8 Å². The molecule has 0 saturated carbocycles. The number of methoxy groups -OCH3 is 1. The van der Waals surface area contributed by atoms with E-state index in [1.54, 1.807) is 13.2 Å². The van der Waals surface area contributed by atoms with Gasteiger partial charge in [0.15, 0.2) is 5.82 Å². The second-order valence-corrected chi connectivity index (χ2v) is 6.35. The van der Waals surface area contributed by atoms with Gasteiger partial charge in [-0.2, -0.15) is 5.10 Å². The molecule has 1 amide bonds. The molecule has 4 rings (SSSR count). The smallest absolute Gasteiger partial charge is 0.245 e. The number of rotatable bonds is 5. The molecule has 2 aromatic heterocycles. The lowest BCUT2D eigenvalue weighted by atomic mass is 10.1. The van der Waals surface area contributed by atoms with Crippen LogP contribution >= 0.6 is 0 Å². The molecule has 0 bridgehead atoms. The molecule has 0 aliphatic rings. The van der Waals surface area contributed by atoms with Crippen molar-refractivity contribution in [2.75, 3.05) is 12.4 Å². The zero-order valence-corrected chi connectivity index (χ0v) is 15.2. The average Bonchev–Trinajstić information content (AvgIpc) is 3.26. The van der Waals surface area contributed by atoms with Crippen LogP contribution in [0.15, 0.2) is 60.7 Å². The monoisotopic (exact) mass is 360 g/mol. The Bertz CT molecular complexity index is 1110. The molecule has 0 atom stereocenters. The van der Waals surface area contributed by atoms with Gasteiger partial charge in [-0.15, -0.1) is 0 Å². The third-order valence-electron chi connectivity index (χ3n) is 4.56. The Hall–Kier alpha value is -3.54. The molecule has 6 nitrogen and oxygen atoms in total. The maximum Gasteiger partial charge on any atom is 0.245 e. The molecule has 27 heavy (non-hydrogen) atoms. The van der Waals surface area contributed by atoms with Crippen molar-refractivity contribution in [3.05, 3.63) is 66.4 Å². The van der Waals surface area contributed by atoms with E-state index in [1.807, 2.05) is 60.0 Å². The molecule has 6 heteroatoms. The van der Waals surface area contributed by atoms with E-state index in [-0.39, 0.29) is 12.5 Å².